The van der Waals surface area contributed by atoms with Crippen LogP contribution in [0.15, 0.2) is 30.3 Å². The number of benzene rings is 1. The molecule has 0 aromatic heterocycles. The van der Waals surface area contributed by atoms with Crippen LogP contribution in [-0.4, -0.2) is 65.3 Å². The quantitative estimate of drug-likeness (QED) is 0.457. The van der Waals surface area contributed by atoms with E-state index >= 15 is 0 Å². The van der Waals surface area contributed by atoms with Crippen LogP contribution >= 0.6 is 12.2 Å². The molecule has 0 bridgehead atoms. The Bertz CT molecular complexity index is 591. The first-order chi connectivity index (χ1) is 8.38. The maximum atomic E-state index is 12.0. The van der Waals surface area contributed by atoms with Crippen molar-refractivity contribution in [2.75, 3.05) is 10.7 Å². The van der Waals surface area contributed by atoms with E-state index in [1.54, 1.807) is 30.3 Å². The van der Waals surface area contributed by atoms with Crippen molar-refractivity contribution in [3.63, 3.8) is 0 Å². The second kappa shape index (κ2) is 6.29. The summed E-state index contributed by atoms with van der Waals surface area (Å²) in [5, 5.41) is 2.63. The molecule has 9 heteroatoms. The number of para-hydroxylation sites is 1. The zero-order chi connectivity index (χ0) is 13.3. The first kappa shape index (κ1) is 16.5. The number of anilines is 1. The Balaban J connectivity index is 0.00000180. The summed E-state index contributed by atoms with van der Waals surface area (Å²) in [6.45, 7) is 0. The smallest absolute Gasteiger partial charge is 0.256 e. The SMILES string of the molecule is O=C1[C@H](CS(=O)(=O)[O-])NC(=S)N1c1ccccc1.[Na]. The number of thiocarbonyl (C=S) groups is 1. The van der Waals surface area contributed by atoms with Crippen molar-refractivity contribution in [1.82, 2.24) is 5.32 Å². The summed E-state index contributed by atoms with van der Waals surface area (Å²) >= 11 is 4.96. The van der Waals surface area contributed by atoms with E-state index in [1.165, 1.54) is 4.90 Å². The molecule has 1 aliphatic rings. The van der Waals surface area contributed by atoms with Crippen LogP contribution < -0.4 is 10.2 Å². The van der Waals surface area contributed by atoms with Crippen LogP contribution in [0.5, 0.6) is 0 Å². The summed E-state index contributed by atoms with van der Waals surface area (Å²) in [6.07, 6.45) is 0. The second-order valence-corrected chi connectivity index (χ2v) is 5.57. The summed E-state index contributed by atoms with van der Waals surface area (Å²) in [5.41, 5.74) is 0.533. The van der Waals surface area contributed by atoms with Crippen molar-refractivity contribution >= 4 is 68.6 Å². The third kappa shape index (κ3) is 3.98. The topological polar surface area (TPSA) is 89.5 Å². The van der Waals surface area contributed by atoms with Crippen molar-refractivity contribution in [2.45, 2.75) is 6.04 Å². The number of hydrogen-bond donors (Lipinski definition) is 1. The summed E-state index contributed by atoms with van der Waals surface area (Å²) < 4.78 is 32.0. The molecule has 6 nitrogen and oxygen atoms in total. The number of carbonyl (C=O) groups excluding carboxylic acids is 1. The number of rotatable bonds is 3. The van der Waals surface area contributed by atoms with E-state index < -0.39 is 27.8 Å². The first-order valence-electron chi connectivity index (χ1n) is 5.01. The van der Waals surface area contributed by atoms with E-state index in [0.717, 1.165) is 0 Å². The van der Waals surface area contributed by atoms with Crippen LogP contribution in [0.2, 0.25) is 0 Å². The molecule has 1 saturated heterocycles. The summed E-state index contributed by atoms with van der Waals surface area (Å²) in [7, 11) is -4.49. The van der Waals surface area contributed by atoms with Gasteiger partial charge in [-0.05, 0) is 24.4 Å². The molecular formula is C10H9N2NaO4S2-. The third-order valence-corrected chi connectivity index (χ3v) is 3.45. The normalized spacial score (nSPS) is 19.0. The van der Waals surface area contributed by atoms with Gasteiger partial charge in [0.15, 0.2) is 5.11 Å². The molecule has 1 fully saturated rings. The Labute approximate surface area is 138 Å². The molecule has 2 rings (SSSR count). The molecule has 1 aromatic rings. The molecular weight excluding hydrogens is 299 g/mol. The number of carbonyl (C=O) groups is 1. The van der Waals surface area contributed by atoms with Crippen LogP contribution in [0.4, 0.5) is 5.69 Å². The molecule has 1 aliphatic heterocycles. The van der Waals surface area contributed by atoms with Gasteiger partial charge in [0.25, 0.3) is 5.91 Å². The molecule has 0 spiro atoms. The fourth-order valence-electron chi connectivity index (χ4n) is 1.67. The summed E-state index contributed by atoms with van der Waals surface area (Å²) in [5.74, 6) is -1.35. The Morgan fingerprint density at radius 3 is 2.42 bits per heavy atom. The minimum absolute atomic E-state index is 0. The van der Waals surface area contributed by atoms with Crippen molar-refractivity contribution < 1.29 is 17.8 Å². The number of nitrogens with one attached hydrogen (secondary N) is 1. The van der Waals surface area contributed by atoms with Gasteiger partial charge in [0.2, 0.25) is 0 Å². The molecule has 0 aliphatic carbocycles. The first-order valence-corrected chi connectivity index (χ1v) is 7.00. The molecule has 1 N–H and O–H groups in total. The van der Waals surface area contributed by atoms with Crippen molar-refractivity contribution in [2.24, 2.45) is 0 Å². The van der Waals surface area contributed by atoms with Crippen LogP contribution in [0.1, 0.15) is 0 Å². The average Bonchev–Trinajstić information content (AvgIpc) is 2.53. The van der Waals surface area contributed by atoms with E-state index in [9.17, 15) is 17.8 Å². The third-order valence-electron chi connectivity index (χ3n) is 2.40. The Morgan fingerprint density at radius 2 is 1.89 bits per heavy atom. The maximum Gasteiger partial charge on any atom is 0.256 e. The average molecular weight is 308 g/mol. The van der Waals surface area contributed by atoms with Crippen LogP contribution in [0.3, 0.4) is 0 Å². The molecule has 1 heterocycles. The van der Waals surface area contributed by atoms with Gasteiger partial charge in [-0.2, -0.15) is 0 Å². The zero-order valence-corrected chi connectivity index (χ0v) is 13.7. The molecule has 1 aromatic carbocycles. The van der Waals surface area contributed by atoms with Crippen molar-refractivity contribution in [1.29, 1.82) is 0 Å². The fraction of sp³-hybridized carbons (Fsp3) is 0.200. The number of hydrogen-bond acceptors (Lipinski definition) is 5. The van der Waals surface area contributed by atoms with E-state index in [2.05, 4.69) is 5.32 Å². The molecule has 1 amide bonds. The van der Waals surface area contributed by atoms with Gasteiger partial charge in [-0.25, -0.2) is 8.42 Å². The van der Waals surface area contributed by atoms with Crippen LogP contribution in [0.25, 0.3) is 0 Å². The zero-order valence-electron chi connectivity index (χ0n) is 10.1. The summed E-state index contributed by atoms with van der Waals surface area (Å²) in [6, 6.07) is 7.45. The van der Waals surface area contributed by atoms with Gasteiger partial charge in [0.05, 0.1) is 21.6 Å². The molecule has 97 valence electrons. The number of amides is 1. The molecule has 0 unspecified atom stereocenters. The van der Waals surface area contributed by atoms with Crippen molar-refractivity contribution in [3.8, 4) is 0 Å². The standard InChI is InChI=1S/C10H10N2O4S2.Na/c13-9-8(6-18(14,15)16)11-10(17)12(9)7-4-2-1-3-5-7;/h1-5,8H,6H2,(H,11,17)(H,14,15,16);/p-1/t8-;/m0./s1. The van der Waals surface area contributed by atoms with Gasteiger partial charge < -0.3 is 9.87 Å². The Kier molecular flexibility index (Phi) is 5.48. The fourth-order valence-corrected chi connectivity index (χ4v) is 2.64. The summed E-state index contributed by atoms with van der Waals surface area (Å²) in [4.78, 5) is 13.2. The monoisotopic (exact) mass is 308 g/mol. The molecule has 1 radical (unpaired) electrons. The number of nitrogens with zero attached hydrogens (tertiary/aromatic N) is 1. The van der Waals surface area contributed by atoms with Crippen LogP contribution in [-0.2, 0) is 14.9 Å². The minimum Gasteiger partial charge on any atom is -0.748 e. The van der Waals surface area contributed by atoms with Gasteiger partial charge in [-0.15, -0.1) is 0 Å². The molecule has 19 heavy (non-hydrogen) atoms. The van der Waals surface area contributed by atoms with E-state index in [0.29, 0.717) is 5.69 Å². The molecule has 1 atom stereocenters. The van der Waals surface area contributed by atoms with E-state index in [4.69, 9.17) is 12.2 Å². The second-order valence-electron chi connectivity index (χ2n) is 3.74. The Hall–Kier alpha value is -0.510. The predicted octanol–water partition coefficient (Wildman–Crippen LogP) is -0.559. The van der Waals surface area contributed by atoms with Gasteiger partial charge in [0, 0.05) is 29.6 Å². The van der Waals surface area contributed by atoms with Gasteiger partial charge in [0.1, 0.15) is 6.04 Å². The van der Waals surface area contributed by atoms with Crippen LogP contribution in [0, 0.1) is 0 Å². The Morgan fingerprint density at radius 1 is 1.32 bits per heavy atom. The maximum absolute atomic E-state index is 12.0. The van der Waals surface area contributed by atoms with E-state index in [1.807, 2.05) is 0 Å². The van der Waals surface area contributed by atoms with E-state index in [-0.39, 0.29) is 34.7 Å². The predicted molar refractivity (Wildman–Crippen MR) is 73.8 cm³/mol. The minimum atomic E-state index is -4.49. The van der Waals surface area contributed by atoms with Gasteiger partial charge in [-0.3, -0.25) is 9.69 Å². The van der Waals surface area contributed by atoms with Gasteiger partial charge >= 0.3 is 0 Å². The van der Waals surface area contributed by atoms with Gasteiger partial charge in [-0.1, -0.05) is 18.2 Å². The molecule has 0 saturated carbocycles. The van der Waals surface area contributed by atoms with Crippen molar-refractivity contribution in [3.05, 3.63) is 30.3 Å². The largest absolute Gasteiger partial charge is 0.748 e.